The van der Waals surface area contributed by atoms with Crippen LogP contribution in [-0.4, -0.2) is 37.2 Å². The Morgan fingerprint density at radius 2 is 0.516 bits per heavy atom. The third kappa shape index (κ3) is 51.4. The highest BCUT2D eigenvalue weighted by Gasteiger charge is 2.19. The van der Waals surface area contributed by atoms with Crippen molar-refractivity contribution in [1.29, 1.82) is 0 Å². The first-order chi connectivity index (χ1) is 31.4. The van der Waals surface area contributed by atoms with E-state index in [4.69, 9.17) is 14.2 Å². The van der Waals surface area contributed by atoms with Crippen molar-refractivity contribution in [3.05, 3.63) is 0 Å². The third-order valence-electron chi connectivity index (χ3n) is 13.3. The summed E-state index contributed by atoms with van der Waals surface area (Å²) in [5.74, 6) is 0.0103. The molecule has 380 valence electrons. The van der Waals surface area contributed by atoms with Crippen LogP contribution in [0.15, 0.2) is 0 Å². The van der Waals surface area contributed by atoms with Crippen molar-refractivity contribution in [3.8, 4) is 0 Å². The molecule has 0 aromatic heterocycles. The van der Waals surface area contributed by atoms with Gasteiger partial charge < -0.3 is 14.2 Å². The number of esters is 3. The number of rotatable bonds is 53. The van der Waals surface area contributed by atoms with E-state index in [-0.39, 0.29) is 31.1 Å². The van der Waals surface area contributed by atoms with Crippen molar-refractivity contribution in [2.24, 2.45) is 5.92 Å². The van der Waals surface area contributed by atoms with E-state index in [1.807, 2.05) is 0 Å². The minimum Gasteiger partial charge on any atom is -0.462 e. The largest absolute Gasteiger partial charge is 0.462 e. The first-order valence-electron chi connectivity index (χ1n) is 28.9. The SMILES string of the molecule is CCCCCCCCCCCCCCCCCC(=O)O[C@@H](COC(=O)CCCCCCCCCCCCCCCC)COC(=O)CCCCCCCCCCCCCCCCC(C)C. The maximum atomic E-state index is 12.8. The molecule has 0 aliphatic heterocycles. The van der Waals surface area contributed by atoms with Crippen molar-refractivity contribution >= 4 is 17.9 Å². The van der Waals surface area contributed by atoms with Crippen LogP contribution >= 0.6 is 0 Å². The Bertz CT molecular complexity index is 964. The summed E-state index contributed by atoms with van der Waals surface area (Å²) in [4.78, 5) is 38.1. The normalized spacial score (nSPS) is 12.0. The Morgan fingerprint density at radius 1 is 0.297 bits per heavy atom. The highest BCUT2D eigenvalue weighted by atomic mass is 16.6. The zero-order valence-corrected chi connectivity index (χ0v) is 43.8. The molecule has 0 amide bonds. The molecule has 0 aliphatic rings. The van der Waals surface area contributed by atoms with Crippen LogP contribution in [-0.2, 0) is 28.6 Å². The number of unbranched alkanes of at least 4 members (excludes halogenated alkanes) is 40. The second-order valence-electron chi connectivity index (χ2n) is 20.4. The van der Waals surface area contributed by atoms with Crippen molar-refractivity contribution in [1.82, 2.24) is 0 Å². The van der Waals surface area contributed by atoms with E-state index in [0.29, 0.717) is 19.3 Å². The number of hydrogen-bond donors (Lipinski definition) is 0. The van der Waals surface area contributed by atoms with Gasteiger partial charge in [0.15, 0.2) is 6.10 Å². The molecule has 0 bridgehead atoms. The molecule has 0 rings (SSSR count). The summed E-state index contributed by atoms with van der Waals surface area (Å²) >= 11 is 0. The minimum absolute atomic E-state index is 0.0618. The van der Waals surface area contributed by atoms with E-state index >= 15 is 0 Å². The lowest BCUT2D eigenvalue weighted by Crippen LogP contribution is -2.30. The van der Waals surface area contributed by atoms with Gasteiger partial charge in [-0.3, -0.25) is 14.4 Å². The zero-order valence-electron chi connectivity index (χ0n) is 43.8. The second-order valence-corrected chi connectivity index (χ2v) is 20.4. The first kappa shape index (κ1) is 62.4. The molecule has 64 heavy (non-hydrogen) atoms. The molecule has 0 saturated heterocycles. The summed E-state index contributed by atoms with van der Waals surface area (Å²) < 4.78 is 16.9. The lowest BCUT2D eigenvalue weighted by Gasteiger charge is -2.18. The average molecular weight is 906 g/mol. The van der Waals surface area contributed by atoms with Gasteiger partial charge in [0.25, 0.3) is 0 Å². The van der Waals surface area contributed by atoms with Crippen LogP contribution in [0.25, 0.3) is 0 Å². The van der Waals surface area contributed by atoms with Crippen LogP contribution in [0.2, 0.25) is 0 Å². The predicted molar refractivity (Wildman–Crippen MR) is 275 cm³/mol. The van der Waals surface area contributed by atoms with Gasteiger partial charge in [0, 0.05) is 19.3 Å². The van der Waals surface area contributed by atoms with Gasteiger partial charge >= 0.3 is 17.9 Å². The highest BCUT2D eigenvalue weighted by molar-refractivity contribution is 5.71. The van der Waals surface area contributed by atoms with Gasteiger partial charge in [-0.2, -0.15) is 0 Å². The molecule has 0 fully saturated rings. The standard InChI is InChI=1S/C58H112O6/c1-5-7-9-11-13-15-17-19-21-27-31-35-39-43-47-51-58(61)64-55(52-62-56(59)49-45-41-37-33-29-25-20-18-16-14-12-10-8-6-2)53-63-57(60)50-46-42-38-34-30-26-23-22-24-28-32-36-40-44-48-54(3)4/h54-55H,5-53H2,1-4H3/t55-/m0/s1. The minimum atomic E-state index is -0.761. The molecule has 0 radical (unpaired) electrons. The maximum absolute atomic E-state index is 12.8. The Labute approximate surface area is 399 Å². The van der Waals surface area contributed by atoms with Crippen molar-refractivity contribution < 1.29 is 28.6 Å². The molecule has 0 unspecified atom stereocenters. The lowest BCUT2D eigenvalue weighted by molar-refractivity contribution is -0.167. The van der Waals surface area contributed by atoms with Gasteiger partial charge in [0.1, 0.15) is 13.2 Å². The van der Waals surface area contributed by atoms with Crippen molar-refractivity contribution in [2.45, 2.75) is 336 Å². The summed E-state index contributed by atoms with van der Waals surface area (Å²) in [7, 11) is 0. The summed E-state index contributed by atoms with van der Waals surface area (Å²) in [6, 6.07) is 0. The fourth-order valence-electron chi connectivity index (χ4n) is 8.92. The summed E-state index contributed by atoms with van der Waals surface area (Å²) in [6.07, 6.45) is 56.6. The van der Waals surface area contributed by atoms with E-state index in [0.717, 1.165) is 63.7 Å². The number of carbonyl (C=O) groups is 3. The Kier molecular flexibility index (Phi) is 51.1. The molecule has 0 N–H and O–H groups in total. The van der Waals surface area contributed by atoms with Crippen LogP contribution in [0, 0.1) is 5.92 Å². The van der Waals surface area contributed by atoms with Crippen LogP contribution in [0.3, 0.4) is 0 Å². The molecular formula is C58H112O6. The highest BCUT2D eigenvalue weighted by Crippen LogP contribution is 2.18. The summed E-state index contributed by atoms with van der Waals surface area (Å²) in [6.45, 7) is 9.07. The predicted octanol–water partition coefficient (Wildman–Crippen LogP) is 19.0. The average Bonchev–Trinajstić information content (AvgIpc) is 3.28. The monoisotopic (exact) mass is 905 g/mol. The van der Waals surface area contributed by atoms with E-state index in [1.165, 1.54) is 225 Å². The maximum Gasteiger partial charge on any atom is 0.306 e. The molecule has 0 spiro atoms. The van der Waals surface area contributed by atoms with Gasteiger partial charge in [-0.05, 0) is 25.2 Å². The number of ether oxygens (including phenoxy) is 3. The van der Waals surface area contributed by atoms with E-state index in [9.17, 15) is 14.4 Å². The van der Waals surface area contributed by atoms with E-state index < -0.39 is 6.10 Å². The molecular weight excluding hydrogens is 793 g/mol. The Balaban J connectivity index is 4.29. The molecule has 6 heteroatoms. The molecule has 0 aliphatic carbocycles. The quantitative estimate of drug-likeness (QED) is 0.0344. The van der Waals surface area contributed by atoms with Crippen LogP contribution in [0.5, 0.6) is 0 Å². The van der Waals surface area contributed by atoms with Gasteiger partial charge in [0.2, 0.25) is 0 Å². The van der Waals surface area contributed by atoms with Gasteiger partial charge in [-0.25, -0.2) is 0 Å². The lowest BCUT2D eigenvalue weighted by atomic mass is 10.0. The van der Waals surface area contributed by atoms with Gasteiger partial charge in [-0.15, -0.1) is 0 Å². The summed E-state index contributed by atoms with van der Waals surface area (Å²) in [5.41, 5.74) is 0. The molecule has 6 nitrogen and oxygen atoms in total. The topological polar surface area (TPSA) is 78.9 Å². The van der Waals surface area contributed by atoms with E-state index in [1.54, 1.807) is 0 Å². The molecule has 0 saturated carbocycles. The number of hydrogen-bond acceptors (Lipinski definition) is 6. The first-order valence-corrected chi connectivity index (χ1v) is 28.9. The molecule has 0 heterocycles. The fraction of sp³-hybridized carbons (Fsp3) is 0.948. The molecule has 1 atom stereocenters. The second kappa shape index (κ2) is 52.4. The Morgan fingerprint density at radius 3 is 0.766 bits per heavy atom. The fourth-order valence-corrected chi connectivity index (χ4v) is 8.92. The van der Waals surface area contributed by atoms with E-state index in [2.05, 4.69) is 27.7 Å². The summed E-state index contributed by atoms with van der Waals surface area (Å²) in [5, 5.41) is 0. The molecule has 0 aromatic carbocycles. The van der Waals surface area contributed by atoms with Crippen LogP contribution in [0.4, 0.5) is 0 Å². The van der Waals surface area contributed by atoms with Gasteiger partial charge in [0.05, 0.1) is 0 Å². The van der Waals surface area contributed by atoms with Crippen molar-refractivity contribution in [2.75, 3.05) is 13.2 Å². The van der Waals surface area contributed by atoms with Crippen molar-refractivity contribution in [3.63, 3.8) is 0 Å². The zero-order chi connectivity index (χ0) is 46.7. The molecule has 0 aromatic rings. The van der Waals surface area contributed by atoms with Gasteiger partial charge in [-0.1, -0.05) is 291 Å². The third-order valence-corrected chi connectivity index (χ3v) is 13.3. The smallest absolute Gasteiger partial charge is 0.306 e. The van der Waals surface area contributed by atoms with Crippen LogP contribution < -0.4 is 0 Å². The number of carbonyl (C=O) groups excluding carboxylic acids is 3. The Hall–Kier alpha value is -1.59. The van der Waals surface area contributed by atoms with Crippen LogP contribution in [0.1, 0.15) is 329 Å².